The molecule has 0 saturated heterocycles. The van der Waals surface area contributed by atoms with Gasteiger partial charge in [0, 0.05) is 27.0 Å². The third-order valence-corrected chi connectivity index (χ3v) is 6.57. The Bertz CT molecular complexity index is 1290. The molecule has 0 amide bonds. The lowest BCUT2D eigenvalue weighted by Gasteiger charge is -2.24. The number of nitrogens with zero attached hydrogens (tertiary/aromatic N) is 3. The van der Waals surface area contributed by atoms with Gasteiger partial charge in [-0.05, 0) is 77.5 Å². The Kier molecular flexibility index (Phi) is 6.02. The van der Waals surface area contributed by atoms with E-state index in [1.807, 2.05) is 43.3 Å². The van der Waals surface area contributed by atoms with Crippen molar-refractivity contribution in [1.29, 1.82) is 0 Å². The molecule has 0 N–H and O–H groups in total. The molecule has 1 aromatic heterocycles. The fourth-order valence-corrected chi connectivity index (χ4v) is 4.65. The summed E-state index contributed by atoms with van der Waals surface area (Å²) < 4.78 is 6.82. The minimum absolute atomic E-state index is 0.0392. The molecule has 0 radical (unpaired) electrons. The van der Waals surface area contributed by atoms with E-state index < -0.39 is 0 Å². The molecule has 2 heterocycles. The van der Waals surface area contributed by atoms with E-state index >= 15 is 0 Å². The van der Waals surface area contributed by atoms with Gasteiger partial charge in [0.05, 0.1) is 29.6 Å². The van der Waals surface area contributed by atoms with Crippen molar-refractivity contribution in [2.75, 3.05) is 11.6 Å². The van der Waals surface area contributed by atoms with Crippen molar-refractivity contribution >= 4 is 56.5 Å². The lowest BCUT2D eigenvalue weighted by atomic mass is 9.98. The van der Waals surface area contributed by atoms with Crippen LogP contribution in [-0.2, 0) is 0 Å². The molecule has 4 nitrogen and oxygen atoms in total. The predicted molar refractivity (Wildman–Crippen MR) is 140 cm³/mol. The summed E-state index contributed by atoms with van der Waals surface area (Å²) in [7, 11) is 0. The number of anilines is 1. The first kappa shape index (κ1) is 21.2. The van der Waals surface area contributed by atoms with Gasteiger partial charge in [-0.15, -0.1) is 0 Å². The minimum Gasteiger partial charge on any atom is -0.494 e. The molecule has 6 heteroatoms. The van der Waals surface area contributed by atoms with Crippen LogP contribution in [0.2, 0.25) is 5.15 Å². The Morgan fingerprint density at radius 1 is 1.03 bits per heavy atom. The van der Waals surface area contributed by atoms with Crippen molar-refractivity contribution in [3.05, 3.63) is 98.7 Å². The fraction of sp³-hybridized carbons (Fsp3) is 0.154. The van der Waals surface area contributed by atoms with E-state index in [1.54, 1.807) is 0 Å². The number of para-hydroxylation sites is 1. The van der Waals surface area contributed by atoms with Gasteiger partial charge in [-0.25, -0.2) is 4.98 Å². The number of ether oxygens (including phenoxy) is 1. The number of pyridine rings is 1. The van der Waals surface area contributed by atoms with E-state index in [0.29, 0.717) is 11.8 Å². The third-order valence-electron chi connectivity index (χ3n) is 5.55. The Morgan fingerprint density at radius 2 is 1.81 bits per heavy atom. The molecule has 1 aliphatic heterocycles. The predicted octanol–water partition coefficient (Wildman–Crippen LogP) is 7.25. The summed E-state index contributed by atoms with van der Waals surface area (Å²) in [5, 5.41) is 8.61. The van der Waals surface area contributed by atoms with Crippen LogP contribution in [0.5, 0.6) is 5.75 Å². The number of hydrogen-bond donors (Lipinski definition) is 0. The maximum absolute atomic E-state index is 6.75. The first-order valence-electron chi connectivity index (χ1n) is 10.5. The zero-order valence-corrected chi connectivity index (χ0v) is 20.4. The number of fused-ring (bicyclic) bond motifs is 1. The van der Waals surface area contributed by atoms with E-state index in [-0.39, 0.29) is 6.04 Å². The number of benzene rings is 3. The largest absolute Gasteiger partial charge is 0.494 e. The van der Waals surface area contributed by atoms with Crippen molar-refractivity contribution in [3.8, 4) is 5.75 Å². The molecule has 1 atom stereocenters. The molecule has 4 aromatic rings. The second-order valence-electron chi connectivity index (χ2n) is 7.61. The topological polar surface area (TPSA) is 37.7 Å². The average Bonchev–Trinajstić information content (AvgIpc) is 3.25. The van der Waals surface area contributed by atoms with E-state index in [2.05, 4.69) is 70.1 Å². The van der Waals surface area contributed by atoms with Crippen LogP contribution in [0, 0.1) is 3.57 Å². The van der Waals surface area contributed by atoms with Crippen molar-refractivity contribution in [1.82, 2.24) is 4.98 Å². The fourth-order valence-electron chi connectivity index (χ4n) is 4.02. The van der Waals surface area contributed by atoms with E-state index in [0.717, 1.165) is 45.6 Å². The second-order valence-corrected chi connectivity index (χ2v) is 9.21. The van der Waals surface area contributed by atoms with Crippen LogP contribution in [0.4, 0.5) is 5.69 Å². The van der Waals surface area contributed by atoms with Crippen LogP contribution in [-0.4, -0.2) is 17.3 Å². The summed E-state index contributed by atoms with van der Waals surface area (Å²) in [4.78, 5) is 4.71. The zero-order chi connectivity index (χ0) is 22.1. The Labute approximate surface area is 206 Å². The molecule has 3 aromatic carbocycles. The van der Waals surface area contributed by atoms with E-state index in [4.69, 9.17) is 26.4 Å². The van der Waals surface area contributed by atoms with Gasteiger partial charge in [0.2, 0.25) is 0 Å². The molecule has 0 fully saturated rings. The van der Waals surface area contributed by atoms with Gasteiger partial charge in [0.1, 0.15) is 10.9 Å². The lowest BCUT2D eigenvalue weighted by molar-refractivity contribution is 0.340. The Morgan fingerprint density at radius 3 is 2.56 bits per heavy atom. The molecule has 0 bridgehead atoms. The molecular formula is C26H21ClIN3O. The lowest BCUT2D eigenvalue weighted by Crippen LogP contribution is -2.19. The second kappa shape index (κ2) is 9.08. The molecule has 1 unspecified atom stereocenters. The standard InChI is InChI=1S/C26H21ClIN3O/c1-2-32-21-13-10-18-14-22(26(27)29-23(18)15-21)25-16-24(17-8-11-19(28)12-9-17)30-31(25)20-6-4-3-5-7-20/h3-15,25H,2,16H2,1H3. The summed E-state index contributed by atoms with van der Waals surface area (Å²) in [6, 6.07) is 26.7. The third kappa shape index (κ3) is 4.19. The Balaban J connectivity index is 1.57. The number of hydrazone groups is 1. The SMILES string of the molecule is CCOc1ccc2cc(C3CC(c4ccc(I)cc4)=NN3c3ccccc3)c(Cl)nc2c1. The number of halogens is 2. The maximum Gasteiger partial charge on any atom is 0.135 e. The van der Waals surface area contributed by atoms with Crippen molar-refractivity contribution < 1.29 is 4.74 Å². The van der Waals surface area contributed by atoms with Crippen molar-refractivity contribution in [2.24, 2.45) is 5.10 Å². The quantitative estimate of drug-likeness (QED) is 0.193. The molecule has 0 spiro atoms. The maximum atomic E-state index is 6.75. The van der Waals surface area contributed by atoms with Gasteiger partial charge < -0.3 is 4.74 Å². The highest BCUT2D eigenvalue weighted by molar-refractivity contribution is 14.1. The summed E-state index contributed by atoms with van der Waals surface area (Å²) in [5.41, 5.74) is 4.99. The van der Waals surface area contributed by atoms with E-state index in [9.17, 15) is 0 Å². The van der Waals surface area contributed by atoms with Crippen LogP contribution < -0.4 is 9.75 Å². The number of rotatable bonds is 5. The van der Waals surface area contributed by atoms with Gasteiger partial charge in [-0.1, -0.05) is 41.9 Å². The van der Waals surface area contributed by atoms with Crippen LogP contribution in [0.3, 0.4) is 0 Å². The first-order valence-corrected chi connectivity index (χ1v) is 12.0. The zero-order valence-electron chi connectivity index (χ0n) is 17.5. The highest BCUT2D eigenvalue weighted by Crippen LogP contribution is 2.40. The number of aromatic nitrogens is 1. The molecule has 0 aliphatic carbocycles. The average molecular weight is 554 g/mol. The smallest absolute Gasteiger partial charge is 0.135 e. The molecule has 160 valence electrons. The Hall–Kier alpha value is -2.64. The summed E-state index contributed by atoms with van der Waals surface area (Å²) in [6.07, 6.45) is 0.749. The molecule has 32 heavy (non-hydrogen) atoms. The normalized spacial score (nSPS) is 15.8. The summed E-state index contributed by atoms with van der Waals surface area (Å²) >= 11 is 9.07. The highest BCUT2D eigenvalue weighted by atomic mass is 127. The van der Waals surface area contributed by atoms with Crippen LogP contribution >= 0.6 is 34.2 Å². The van der Waals surface area contributed by atoms with E-state index in [1.165, 1.54) is 3.57 Å². The summed E-state index contributed by atoms with van der Waals surface area (Å²) in [5.74, 6) is 0.799. The molecule has 5 rings (SSSR count). The van der Waals surface area contributed by atoms with Gasteiger partial charge in [-0.3, -0.25) is 5.01 Å². The van der Waals surface area contributed by atoms with Crippen LogP contribution in [0.15, 0.2) is 84.0 Å². The van der Waals surface area contributed by atoms with Gasteiger partial charge >= 0.3 is 0 Å². The van der Waals surface area contributed by atoms with Crippen LogP contribution in [0.25, 0.3) is 10.9 Å². The van der Waals surface area contributed by atoms with Crippen LogP contribution in [0.1, 0.15) is 30.5 Å². The van der Waals surface area contributed by atoms with Gasteiger partial charge in [0.25, 0.3) is 0 Å². The molecule has 1 aliphatic rings. The monoisotopic (exact) mass is 553 g/mol. The van der Waals surface area contributed by atoms with Crippen molar-refractivity contribution in [3.63, 3.8) is 0 Å². The summed E-state index contributed by atoms with van der Waals surface area (Å²) in [6.45, 7) is 2.58. The minimum atomic E-state index is -0.0392. The number of hydrogen-bond acceptors (Lipinski definition) is 4. The molecule has 0 saturated carbocycles. The van der Waals surface area contributed by atoms with Gasteiger partial charge in [-0.2, -0.15) is 5.10 Å². The first-order chi connectivity index (χ1) is 15.6. The van der Waals surface area contributed by atoms with Crippen molar-refractivity contribution in [2.45, 2.75) is 19.4 Å². The van der Waals surface area contributed by atoms with Gasteiger partial charge in [0.15, 0.2) is 0 Å². The molecular weight excluding hydrogens is 533 g/mol. The highest BCUT2D eigenvalue weighted by Gasteiger charge is 2.32.